The summed E-state index contributed by atoms with van der Waals surface area (Å²) < 4.78 is 16.6. The number of carbonyl (C=O) groups is 2. The van der Waals surface area contributed by atoms with Crippen molar-refractivity contribution < 1.29 is 23.8 Å². The minimum atomic E-state index is -0.311. The Balaban J connectivity index is 1.67. The van der Waals surface area contributed by atoms with Crippen molar-refractivity contribution in [1.82, 2.24) is 0 Å². The number of anilines is 2. The van der Waals surface area contributed by atoms with E-state index in [2.05, 4.69) is 5.32 Å². The van der Waals surface area contributed by atoms with Gasteiger partial charge in [0.1, 0.15) is 25.5 Å². The van der Waals surface area contributed by atoms with E-state index in [-0.39, 0.29) is 24.5 Å². The highest BCUT2D eigenvalue weighted by molar-refractivity contribution is 6.01. The lowest BCUT2D eigenvalue weighted by molar-refractivity contribution is -0.120. The van der Waals surface area contributed by atoms with Gasteiger partial charge in [0.05, 0.1) is 6.10 Å². The maximum Gasteiger partial charge on any atom is 0.244 e. The second kappa shape index (κ2) is 8.65. The van der Waals surface area contributed by atoms with Gasteiger partial charge in [-0.15, -0.1) is 0 Å². The quantitative estimate of drug-likeness (QED) is 0.827. The van der Waals surface area contributed by atoms with Gasteiger partial charge < -0.3 is 24.4 Å². The fraction of sp³-hybridized carbons (Fsp3) is 0.333. The Labute approximate surface area is 164 Å². The molecule has 0 fully saturated rings. The third-order valence-corrected chi connectivity index (χ3v) is 4.03. The van der Waals surface area contributed by atoms with Crippen molar-refractivity contribution in [3.05, 3.63) is 42.5 Å². The molecule has 0 bridgehead atoms. The molecule has 2 aromatic carbocycles. The molecule has 1 aliphatic heterocycles. The first-order valence-electron chi connectivity index (χ1n) is 9.16. The van der Waals surface area contributed by atoms with Crippen molar-refractivity contribution in [3.8, 4) is 17.2 Å². The maximum absolute atomic E-state index is 12.5. The molecule has 7 heteroatoms. The van der Waals surface area contributed by atoms with E-state index in [1.54, 1.807) is 42.5 Å². The first kappa shape index (κ1) is 19.5. The zero-order chi connectivity index (χ0) is 20.1. The van der Waals surface area contributed by atoms with Gasteiger partial charge in [-0.1, -0.05) is 0 Å². The molecule has 0 unspecified atom stereocenters. The van der Waals surface area contributed by atoms with E-state index in [4.69, 9.17) is 14.2 Å². The van der Waals surface area contributed by atoms with Gasteiger partial charge in [0.15, 0.2) is 11.5 Å². The number of amides is 2. The highest BCUT2D eigenvalue weighted by Gasteiger charge is 2.17. The van der Waals surface area contributed by atoms with Crippen molar-refractivity contribution in [1.29, 1.82) is 0 Å². The van der Waals surface area contributed by atoms with Crippen LogP contribution in [-0.2, 0) is 9.59 Å². The summed E-state index contributed by atoms with van der Waals surface area (Å²) in [6.07, 6.45) is 0.0616. The molecule has 0 saturated heterocycles. The minimum Gasteiger partial charge on any atom is -0.491 e. The number of fused-ring (bicyclic) bond motifs is 1. The summed E-state index contributed by atoms with van der Waals surface area (Å²) in [6, 6.07) is 12.3. The smallest absolute Gasteiger partial charge is 0.244 e. The van der Waals surface area contributed by atoms with Crippen LogP contribution in [0.1, 0.15) is 20.8 Å². The molecular weight excluding hydrogens is 360 g/mol. The number of nitrogens with zero attached hydrogens (tertiary/aromatic N) is 1. The normalized spacial score (nSPS) is 12.4. The number of ether oxygens (including phenoxy) is 3. The Bertz CT molecular complexity index is 848. The molecule has 0 spiro atoms. The average Bonchev–Trinajstić information content (AvgIpc) is 2.66. The highest BCUT2D eigenvalue weighted by atomic mass is 16.6. The molecule has 1 heterocycles. The van der Waals surface area contributed by atoms with Crippen molar-refractivity contribution in [2.24, 2.45) is 0 Å². The van der Waals surface area contributed by atoms with E-state index >= 15 is 0 Å². The van der Waals surface area contributed by atoms with Crippen LogP contribution in [0.5, 0.6) is 17.2 Å². The Morgan fingerprint density at radius 1 is 1.07 bits per heavy atom. The molecule has 2 amide bonds. The summed E-state index contributed by atoms with van der Waals surface area (Å²) in [4.78, 5) is 26.0. The van der Waals surface area contributed by atoms with Gasteiger partial charge in [-0.05, 0) is 50.2 Å². The van der Waals surface area contributed by atoms with E-state index in [0.29, 0.717) is 41.8 Å². The van der Waals surface area contributed by atoms with Crippen LogP contribution in [0.25, 0.3) is 0 Å². The molecule has 0 atom stereocenters. The van der Waals surface area contributed by atoms with Crippen LogP contribution in [0.15, 0.2) is 42.5 Å². The number of carbonyl (C=O) groups excluding carboxylic acids is 2. The number of nitrogens with one attached hydrogen (secondary N) is 1. The molecule has 7 nitrogen and oxygen atoms in total. The highest BCUT2D eigenvalue weighted by Crippen LogP contribution is 2.32. The monoisotopic (exact) mass is 384 g/mol. The number of hydrogen-bond donors (Lipinski definition) is 1. The van der Waals surface area contributed by atoms with E-state index in [0.717, 1.165) is 0 Å². The summed E-state index contributed by atoms with van der Waals surface area (Å²) in [6.45, 7) is 6.19. The van der Waals surface area contributed by atoms with Crippen LogP contribution < -0.4 is 24.4 Å². The summed E-state index contributed by atoms with van der Waals surface area (Å²) in [5, 5.41) is 2.79. The Kier molecular flexibility index (Phi) is 6.03. The van der Waals surface area contributed by atoms with Crippen molar-refractivity contribution >= 4 is 23.2 Å². The second-order valence-electron chi connectivity index (χ2n) is 6.67. The van der Waals surface area contributed by atoms with Gasteiger partial charge in [0, 0.05) is 24.4 Å². The summed E-state index contributed by atoms with van der Waals surface area (Å²) >= 11 is 0. The average molecular weight is 384 g/mol. The molecule has 2 aromatic rings. The zero-order valence-electron chi connectivity index (χ0n) is 16.2. The summed E-state index contributed by atoms with van der Waals surface area (Å²) in [5.41, 5.74) is 1.21. The predicted molar refractivity (Wildman–Crippen MR) is 106 cm³/mol. The van der Waals surface area contributed by atoms with Gasteiger partial charge in [-0.25, -0.2) is 0 Å². The summed E-state index contributed by atoms with van der Waals surface area (Å²) in [7, 11) is 0. The fourth-order valence-corrected chi connectivity index (χ4v) is 2.83. The number of rotatable bonds is 6. The molecule has 0 saturated carbocycles. The van der Waals surface area contributed by atoms with Gasteiger partial charge >= 0.3 is 0 Å². The molecule has 0 aromatic heterocycles. The van der Waals surface area contributed by atoms with Crippen LogP contribution in [0.2, 0.25) is 0 Å². The maximum atomic E-state index is 12.5. The number of benzene rings is 2. The largest absolute Gasteiger partial charge is 0.491 e. The minimum absolute atomic E-state index is 0.0616. The Morgan fingerprint density at radius 3 is 2.39 bits per heavy atom. The van der Waals surface area contributed by atoms with Crippen LogP contribution in [-0.4, -0.2) is 37.7 Å². The van der Waals surface area contributed by atoms with Gasteiger partial charge in [0.25, 0.3) is 0 Å². The first-order chi connectivity index (χ1) is 13.4. The third-order valence-electron chi connectivity index (χ3n) is 4.03. The van der Waals surface area contributed by atoms with Crippen LogP contribution in [0.3, 0.4) is 0 Å². The molecule has 1 N–H and O–H groups in total. The van der Waals surface area contributed by atoms with E-state index in [9.17, 15) is 9.59 Å². The van der Waals surface area contributed by atoms with Crippen LogP contribution in [0, 0.1) is 0 Å². The Morgan fingerprint density at radius 2 is 1.75 bits per heavy atom. The Hall–Kier alpha value is -3.22. The van der Waals surface area contributed by atoms with E-state index in [1.807, 2.05) is 13.8 Å². The van der Waals surface area contributed by atoms with Gasteiger partial charge in [-0.3, -0.25) is 9.59 Å². The van der Waals surface area contributed by atoms with Gasteiger partial charge in [0.2, 0.25) is 11.8 Å². The van der Waals surface area contributed by atoms with Crippen LogP contribution >= 0.6 is 0 Å². The molecule has 0 radical (unpaired) electrons. The lowest BCUT2D eigenvalue weighted by atomic mass is 10.2. The van der Waals surface area contributed by atoms with Gasteiger partial charge in [-0.2, -0.15) is 0 Å². The molecule has 3 rings (SSSR count). The van der Waals surface area contributed by atoms with Crippen molar-refractivity contribution in [2.45, 2.75) is 26.9 Å². The SMILES string of the molecule is CC(=O)N(CC(=O)Nc1ccc2c(c1)OCCO2)c1ccc(OC(C)C)cc1. The summed E-state index contributed by atoms with van der Waals surface area (Å²) in [5.74, 6) is 1.42. The van der Waals surface area contributed by atoms with E-state index < -0.39 is 0 Å². The lowest BCUT2D eigenvalue weighted by Gasteiger charge is -2.22. The van der Waals surface area contributed by atoms with Crippen molar-refractivity contribution in [2.75, 3.05) is 30.0 Å². The lowest BCUT2D eigenvalue weighted by Crippen LogP contribution is -2.36. The van der Waals surface area contributed by atoms with Crippen molar-refractivity contribution in [3.63, 3.8) is 0 Å². The fourth-order valence-electron chi connectivity index (χ4n) is 2.83. The first-order valence-corrected chi connectivity index (χ1v) is 9.16. The molecule has 1 aliphatic rings. The second-order valence-corrected chi connectivity index (χ2v) is 6.67. The van der Waals surface area contributed by atoms with E-state index in [1.165, 1.54) is 11.8 Å². The topological polar surface area (TPSA) is 77.1 Å². The third kappa shape index (κ3) is 4.94. The van der Waals surface area contributed by atoms with Crippen LogP contribution in [0.4, 0.5) is 11.4 Å². The standard InChI is InChI=1S/C21H24N2O5/c1-14(2)28-18-7-5-17(6-8-18)23(15(3)24)13-21(25)22-16-4-9-19-20(12-16)27-11-10-26-19/h4-9,12,14H,10-11,13H2,1-3H3,(H,22,25). The number of hydrogen-bond acceptors (Lipinski definition) is 5. The zero-order valence-corrected chi connectivity index (χ0v) is 16.2. The molecular formula is C21H24N2O5. The predicted octanol–water partition coefficient (Wildman–Crippen LogP) is 3.24. The molecule has 148 valence electrons. The molecule has 0 aliphatic carbocycles. The molecule has 28 heavy (non-hydrogen) atoms.